The Hall–Kier alpha value is -1.70. The van der Waals surface area contributed by atoms with Crippen molar-refractivity contribution < 1.29 is 10.2 Å². The first kappa shape index (κ1) is 22.3. The lowest BCUT2D eigenvalue weighted by Gasteiger charge is -2.10. The summed E-state index contributed by atoms with van der Waals surface area (Å²) in [6.07, 6.45) is 15.4. The molecule has 1 rings (SSSR count). The average molecular weight is 359 g/mol. The van der Waals surface area contributed by atoms with Crippen molar-refractivity contribution in [1.29, 1.82) is 0 Å². The van der Waals surface area contributed by atoms with Crippen LogP contribution in [0.3, 0.4) is 0 Å². The molecule has 0 amide bonds. The van der Waals surface area contributed by atoms with E-state index in [1.165, 1.54) is 43.3 Å². The number of hydrogen-bond donors (Lipinski definition) is 2. The van der Waals surface area contributed by atoms with E-state index in [1.807, 2.05) is 12.1 Å². The highest BCUT2D eigenvalue weighted by Gasteiger charge is 2.09. The molecule has 0 spiro atoms. The maximum absolute atomic E-state index is 10.3. The van der Waals surface area contributed by atoms with Crippen LogP contribution < -0.4 is 0 Å². The average Bonchev–Trinajstić information content (AvgIpc) is 2.57. The third kappa shape index (κ3) is 9.12. The van der Waals surface area contributed by atoms with Gasteiger partial charge in [-0.25, -0.2) is 0 Å². The lowest BCUT2D eigenvalue weighted by Crippen LogP contribution is -1.91. The third-order valence-corrected chi connectivity index (χ3v) is 4.83. The molecule has 2 N–H and O–H groups in total. The van der Waals surface area contributed by atoms with Gasteiger partial charge in [0.1, 0.15) is 11.5 Å². The van der Waals surface area contributed by atoms with Crippen molar-refractivity contribution in [3.63, 3.8) is 0 Å². The van der Waals surface area contributed by atoms with E-state index in [0.717, 1.165) is 31.2 Å². The Kier molecular flexibility index (Phi) is 10.8. The molecule has 0 bridgehead atoms. The largest absolute Gasteiger partial charge is 0.508 e. The van der Waals surface area contributed by atoms with Crippen molar-refractivity contribution in [1.82, 2.24) is 0 Å². The SMILES string of the molecule is CCCCCCCCc1cc(O)c(C/C=C(\C)CCC=C(C)C)c(O)c1. The van der Waals surface area contributed by atoms with Gasteiger partial charge in [0.25, 0.3) is 0 Å². The summed E-state index contributed by atoms with van der Waals surface area (Å²) in [5.74, 6) is 0.443. The second-order valence-electron chi connectivity index (χ2n) is 7.71. The summed E-state index contributed by atoms with van der Waals surface area (Å²) in [5, 5.41) is 20.6. The van der Waals surface area contributed by atoms with Gasteiger partial charge in [-0.2, -0.15) is 0 Å². The summed E-state index contributed by atoms with van der Waals surface area (Å²) in [5.41, 5.74) is 4.30. The molecular weight excluding hydrogens is 320 g/mol. The zero-order chi connectivity index (χ0) is 19.4. The van der Waals surface area contributed by atoms with Crippen molar-refractivity contribution in [2.24, 2.45) is 0 Å². The molecule has 1 aromatic carbocycles. The van der Waals surface area contributed by atoms with Gasteiger partial charge in [-0.1, -0.05) is 62.3 Å². The standard InChI is InChI=1S/C24H38O2/c1-5-6-7-8-9-10-14-21-17-23(25)22(24(26)18-21)16-15-20(4)13-11-12-19(2)3/h12,15,17-18,25-26H,5-11,13-14,16H2,1-4H3/b20-15+. The van der Waals surface area contributed by atoms with Crippen molar-refractivity contribution >= 4 is 0 Å². The van der Waals surface area contributed by atoms with Gasteiger partial charge in [0, 0.05) is 5.56 Å². The Balaban J connectivity index is 2.54. The summed E-state index contributed by atoms with van der Waals surface area (Å²) in [6, 6.07) is 3.65. The molecule has 0 aliphatic rings. The maximum atomic E-state index is 10.3. The van der Waals surface area contributed by atoms with Crippen molar-refractivity contribution in [2.75, 3.05) is 0 Å². The number of rotatable bonds is 12. The molecule has 0 saturated heterocycles. The fourth-order valence-corrected chi connectivity index (χ4v) is 3.13. The van der Waals surface area contributed by atoms with E-state index in [-0.39, 0.29) is 11.5 Å². The highest BCUT2D eigenvalue weighted by molar-refractivity contribution is 5.47. The molecule has 0 fully saturated rings. The molecule has 0 aromatic heterocycles. The second kappa shape index (κ2) is 12.6. The van der Waals surface area contributed by atoms with E-state index >= 15 is 0 Å². The number of aryl methyl sites for hydroxylation is 1. The highest BCUT2D eigenvalue weighted by Crippen LogP contribution is 2.30. The Labute approximate surface area is 160 Å². The van der Waals surface area contributed by atoms with E-state index in [1.54, 1.807) is 0 Å². The number of unbranched alkanes of at least 4 members (excludes halogenated alkanes) is 5. The predicted molar refractivity (Wildman–Crippen MR) is 113 cm³/mol. The molecule has 0 heterocycles. The molecule has 0 radical (unpaired) electrons. The zero-order valence-electron chi connectivity index (χ0n) is 17.3. The minimum atomic E-state index is 0.222. The molecule has 146 valence electrons. The molecular formula is C24H38O2. The van der Waals surface area contributed by atoms with E-state index in [4.69, 9.17) is 0 Å². The molecule has 26 heavy (non-hydrogen) atoms. The summed E-state index contributed by atoms with van der Waals surface area (Å²) < 4.78 is 0. The molecule has 0 unspecified atom stereocenters. The monoisotopic (exact) mass is 358 g/mol. The van der Waals surface area contributed by atoms with Gasteiger partial charge < -0.3 is 10.2 Å². The van der Waals surface area contributed by atoms with Gasteiger partial charge in [-0.3, -0.25) is 0 Å². The van der Waals surface area contributed by atoms with Crippen LogP contribution in [0.1, 0.15) is 90.2 Å². The summed E-state index contributed by atoms with van der Waals surface area (Å²) in [4.78, 5) is 0. The quantitative estimate of drug-likeness (QED) is 0.305. The third-order valence-electron chi connectivity index (χ3n) is 4.83. The van der Waals surface area contributed by atoms with Crippen LogP contribution in [0.25, 0.3) is 0 Å². The Morgan fingerprint density at radius 2 is 1.50 bits per heavy atom. The number of aromatic hydroxyl groups is 2. The first-order valence-electron chi connectivity index (χ1n) is 10.3. The topological polar surface area (TPSA) is 40.5 Å². The lowest BCUT2D eigenvalue weighted by molar-refractivity contribution is 0.439. The molecule has 1 aromatic rings. The van der Waals surface area contributed by atoms with Gasteiger partial charge in [0.2, 0.25) is 0 Å². The summed E-state index contributed by atoms with van der Waals surface area (Å²) in [6.45, 7) is 8.57. The molecule has 0 saturated carbocycles. The lowest BCUT2D eigenvalue weighted by atomic mass is 10.00. The number of allylic oxidation sites excluding steroid dienone is 4. The van der Waals surface area contributed by atoms with Crippen LogP contribution in [0.4, 0.5) is 0 Å². The Bertz CT molecular complexity index is 569. The number of benzene rings is 1. The minimum Gasteiger partial charge on any atom is -0.508 e. The van der Waals surface area contributed by atoms with E-state index in [9.17, 15) is 10.2 Å². The molecule has 0 aliphatic heterocycles. The molecule has 0 atom stereocenters. The van der Waals surface area contributed by atoms with Crippen LogP contribution in [0.2, 0.25) is 0 Å². The van der Waals surface area contributed by atoms with E-state index in [2.05, 4.69) is 39.8 Å². The van der Waals surface area contributed by atoms with E-state index < -0.39 is 0 Å². The molecule has 2 heteroatoms. The normalized spacial score (nSPS) is 11.6. The molecule has 0 aliphatic carbocycles. The van der Waals surface area contributed by atoms with Gasteiger partial charge in [-0.15, -0.1) is 0 Å². The number of phenolic OH excluding ortho intramolecular Hbond substituents is 2. The summed E-state index contributed by atoms with van der Waals surface area (Å²) in [7, 11) is 0. The first-order valence-corrected chi connectivity index (χ1v) is 10.3. The minimum absolute atomic E-state index is 0.222. The Morgan fingerprint density at radius 1 is 0.885 bits per heavy atom. The first-order chi connectivity index (χ1) is 12.4. The zero-order valence-corrected chi connectivity index (χ0v) is 17.3. The predicted octanol–water partition coefficient (Wildman–Crippen LogP) is 7.24. The van der Waals surface area contributed by atoms with Gasteiger partial charge in [0.05, 0.1) is 0 Å². The van der Waals surface area contributed by atoms with Crippen LogP contribution in [-0.4, -0.2) is 10.2 Å². The van der Waals surface area contributed by atoms with E-state index in [0.29, 0.717) is 12.0 Å². The van der Waals surface area contributed by atoms with Crippen molar-refractivity contribution in [3.05, 3.63) is 46.6 Å². The molecule has 2 nitrogen and oxygen atoms in total. The smallest absolute Gasteiger partial charge is 0.123 e. The second-order valence-corrected chi connectivity index (χ2v) is 7.71. The van der Waals surface area contributed by atoms with Crippen molar-refractivity contribution in [2.45, 2.75) is 91.9 Å². The van der Waals surface area contributed by atoms with Crippen LogP contribution in [0.15, 0.2) is 35.4 Å². The number of phenols is 2. The fourth-order valence-electron chi connectivity index (χ4n) is 3.13. The van der Waals surface area contributed by atoms with Crippen LogP contribution in [-0.2, 0) is 12.8 Å². The van der Waals surface area contributed by atoms with Gasteiger partial charge in [-0.05, 0) is 70.6 Å². The van der Waals surface area contributed by atoms with Crippen LogP contribution in [0.5, 0.6) is 11.5 Å². The highest BCUT2D eigenvalue weighted by atomic mass is 16.3. The number of hydrogen-bond acceptors (Lipinski definition) is 2. The van der Waals surface area contributed by atoms with Crippen LogP contribution in [0, 0.1) is 0 Å². The van der Waals surface area contributed by atoms with Crippen molar-refractivity contribution in [3.8, 4) is 11.5 Å². The van der Waals surface area contributed by atoms with Crippen LogP contribution >= 0.6 is 0 Å². The van der Waals surface area contributed by atoms with Gasteiger partial charge >= 0.3 is 0 Å². The van der Waals surface area contributed by atoms with Gasteiger partial charge in [0.15, 0.2) is 0 Å². The fraction of sp³-hybridized carbons (Fsp3) is 0.583. The summed E-state index contributed by atoms with van der Waals surface area (Å²) >= 11 is 0. The maximum Gasteiger partial charge on any atom is 0.123 e. The Morgan fingerprint density at radius 3 is 2.12 bits per heavy atom.